The van der Waals surface area contributed by atoms with Gasteiger partial charge in [0.1, 0.15) is 41.1 Å². The zero-order chi connectivity index (χ0) is 27.3. The Morgan fingerprint density at radius 2 is 1.89 bits per heavy atom. The first-order valence-corrected chi connectivity index (χ1v) is 13.0. The van der Waals surface area contributed by atoms with Gasteiger partial charge in [-0.3, -0.25) is 14.6 Å². The Bertz CT molecular complexity index is 1560. The Morgan fingerprint density at radius 3 is 2.58 bits per heavy atom. The summed E-state index contributed by atoms with van der Waals surface area (Å²) in [7, 11) is -2.14. The van der Waals surface area contributed by atoms with Crippen LogP contribution in [0.4, 0.5) is 21.7 Å². The SMILES string of the molecule is CCS(=O)(=O)Nc1ccc(-c2n[nH]c(Nc3cccc(OC)n3)c2C(N)=O)cc1OCc1ccc(F)cc1. The fourth-order valence-electron chi connectivity index (χ4n) is 3.46. The van der Waals surface area contributed by atoms with Crippen LogP contribution in [0.2, 0.25) is 0 Å². The molecule has 0 fully saturated rings. The van der Waals surface area contributed by atoms with Crippen molar-refractivity contribution in [3.63, 3.8) is 0 Å². The van der Waals surface area contributed by atoms with E-state index in [1.807, 2.05) is 0 Å². The Kier molecular flexibility index (Phi) is 7.76. The number of nitrogens with two attached hydrogens (primary N) is 1. The number of ether oxygens (including phenoxy) is 2. The van der Waals surface area contributed by atoms with Crippen LogP contribution in [0.1, 0.15) is 22.8 Å². The molecule has 0 atom stereocenters. The lowest BCUT2D eigenvalue weighted by atomic mass is 10.1. The predicted molar refractivity (Wildman–Crippen MR) is 140 cm³/mol. The first-order chi connectivity index (χ1) is 18.2. The summed E-state index contributed by atoms with van der Waals surface area (Å²) in [5, 5.41) is 9.98. The van der Waals surface area contributed by atoms with Crippen LogP contribution in [0, 0.1) is 5.82 Å². The number of benzene rings is 2. The van der Waals surface area contributed by atoms with E-state index in [4.69, 9.17) is 15.2 Å². The number of halogens is 1. The lowest BCUT2D eigenvalue weighted by Gasteiger charge is -2.15. The number of nitrogens with one attached hydrogen (secondary N) is 3. The monoisotopic (exact) mass is 540 g/mol. The number of H-pyrrole nitrogens is 1. The van der Waals surface area contributed by atoms with Crippen molar-refractivity contribution in [2.75, 3.05) is 22.9 Å². The van der Waals surface area contributed by atoms with Gasteiger partial charge in [-0.25, -0.2) is 12.8 Å². The first kappa shape index (κ1) is 26.4. The number of methoxy groups -OCH3 is 1. The molecule has 2 aromatic carbocycles. The minimum atomic E-state index is -3.62. The van der Waals surface area contributed by atoms with Gasteiger partial charge >= 0.3 is 0 Å². The smallest absolute Gasteiger partial charge is 0.254 e. The van der Waals surface area contributed by atoms with Gasteiger partial charge in [0.25, 0.3) is 5.91 Å². The number of nitrogens with zero attached hydrogens (tertiary/aromatic N) is 2. The molecule has 0 bridgehead atoms. The van der Waals surface area contributed by atoms with Crippen molar-refractivity contribution in [1.29, 1.82) is 0 Å². The summed E-state index contributed by atoms with van der Waals surface area (Å²) in [5.41, 5.74) is 7.23. The second-order valence-corrected chi connectivity index (χ2v) is 10.0. The number of hydrogen-bond acceptors (Lipinski definition) is 8. The molecule has 11 nitrogen and oxygen atoms in total. The topological polar surface area (TPSA) is 161 Å². The van der Waals surface area contributed by atoms with E-state index < -0.39 is 21.7 Å². The standard InChI is InChI=1S/C25H25FN6O5S/c1-3-38(34,35)32-18-12-9-16(13-19(18)37-14-15-7-10-17(26)11-8-15)23-22(24(27)33)25(31-30-23)29-20-5-4-6-21(28-20)36-2/h4-13,32H,3,14H2,1-2H3,(H2,27,33)(H2,28,29,30,31). The van der Waals surface area contributed by atoms with Crippen molar-refractivity contribution in [3.8, 4) is 22.9 Å². The second kappa shape index (κ2) is 11.2. The molecule has 38 heavy (non-hydrogen) atoms. The summed E-state index contributed by atoms with van der Waals surface area (Å²) >= 11 is 0. The number of carbonyl (C=O) groups excluding carboxylic acids is 1. The molecule has 2 aromatic heterocycles. The van der Waals surface area contributed by atoms with E-state index in [1.165, 1.54) is 38.3 Å². The molecule has 0 radical (unpaired) electrons. The quantitative estimate of drug-likeness (QED) is 0.223. The first-order valence-electron chi connectivity index (χ1n) is 11.4. The number of carbonyl (C=O) groups is 1. The molecule has 0 spiro atoms. The van der Waals surface area contributed by atoms with Crippen LogP contribution in [0.15, 0.2) is 60.7 Å². The van der Waals surface area contributed by atoms with Gasteiger partial charge in [0, 0.05) is 11.6 Å². The van der Waals surface area contributed by atoms with Crippen molar-refractivity contribution in [2.45, 2.75) is 13.5 Å². The Hall–Kier alpha value is -4.65. The predicted octanol–water partition coefficient (Wildman–Crippen LogP) is 3.80. The third kappa shape index (κ3) is 6.18. The van der Waals surface area contributed by atoms with Gasteiger partial charge in [-0.15, -0.1) is 0 Å². The highest BCUT2D eigenvalue weighted by Crippen LogP contribution is 2.35. The Labute approximate surface area is 218 Å². The molecule has 198 valence electrons. The van der Waals surface area contributed by atoms with Crippen LogP contribution in [-0.2, 0) is 16.6 Å². The van der Waals surface area contributed by atoms with Crippen LogP contribution in [0.5, 0.6) is 11.6 Å². The maximum Gasteiger partial charge on any atom is 0.254 e. The van der Waals surface area contributed by atoms with Gasteiger partial charge in [-0.1, -0.05) is 24.3 Å². The average molecular weight is 541 g/mol. The molecule has 13 heteroatoms. The van der Waals surface area contributed by atoms with Crippen LogP contribution in [0.3, 0.4) is 0 Å². The van der Waals surface area contributed by atoms with Crippen molar-refractivity contribution >= 4 is 33.3 Å². The summed E-state index contributed by atoms with van der Waals surface area (Å²) in [6.45, 7) is 1.53. The molecular weight excluding hydrogens is 515 g/mol. The lowest BCUT2D eigenvalue weighted by molar-refractivity contribution is 0.100. The zero-order valence-electron chi connectivity index (χ0n) is 20.5. The van der Waals surface area contributed by atoms with E-state index in [-0.39, 0.29) is 40.9 Å². The number of aromatic nitrogens is 3. The highest BCUT2D eigenvalue weighted by molar-refractivity contribution is 7.92. The van der Waals surface area contributed by atoms with Gasteiger partial charge < -0.3 is 20.5 Å². The molecule has 5 N–H and O–H groups in total. The van der Waals surface area contributed by atoms with Crippen molar-refractivity contribution < 1.29 is 27.1 Å². The average Bonchev–Trinajstić information content (AvgIpc) is 3.32. The molecule has 0 unspecified atom stereocenters. The number of hydrogen-bond donors (Lipinski definition) is 4. The number of primary amides is 1. The van der Waals surface area contributed by atoms with E-state index in [0.29, 0.717) is 22.8 Å². The maximum atomic E-state index is 13.3. The fourth-order valence-corrected chi connectivity index (χ4v) is 4.11. The molecule has 4 aromatic rings. The van der Waals surface area contributed by atoms with E-state index in [1.54, 1.807) is 36.4 Å². The van der Waals surface area contributed by atoms with E-state index in [0.717, 1.165) is 0 Å². The van der Waals surface area contributed by atoms with Crippen molar-refractivity contribution in [3.05, 3.63) is 77.6 Å². The number of aromatic amines is 1. The summed E-state index contributed by atoms with van der Waals surface area (Å²) in [5.74, 6) is -0.172. The molecule has 1 amide bonds. The van der Waals surface area contributed by atoms with Gasteiger partial charge in [-0.05, 0) is 42.8 Å². The summed E-state index contributed by atoms with van der Waals surface area (Å²) in [4.78, 5) is 16.7. The summed E-state index contributed by atoms with van der Waals surface area (Å²) < 4.78 is 51.3. The van der Waals surface area contributed by atoms with Gasteiger partial charge in [0.05, 0.1) is 18.6 Å². The van der Waals surface area contributed by atoms with Crippen LogP contribution in [-0.4, -0.2) is 42.4 Å². The molecule has 0 aliphatic heterocycles. The van der Waals surface area contributed by atoms with Crippen molar-refractivity contribution in [1.82, 2.24) is 15.2 Å². The molecule has 0 saturated carbocycles. The molecule has 4 rings (SSSR count). The minimum Gasteiger partial charge on any atom is -0.487 e. The van der Waals surface area contributed by atoms with E-state index >= 15 is 0 Å². The molecule has 0 aliphatic rings. The van der Waals surface area contributed by atoms with Crippen molar-refractivity contribution in [2.24, 2.45) is 5.73 Å². The maximum absolute atomic E-state index is 13.3. The summed E-state index contributed by atoms with van der Waals surface area (Å²) in [6.07, 6.45) is 0. The van der Waals surface area contributed by atoms with Gasteiger partial charge in [0.2, 0.25) is 15.9 Å². The lowest BCUT2D eigenvalue weighted by Crippen LogP contribution is -2.15. The second-order valence-electron chi connectivity index (χ2n) is 8.01. The van der Waals surface area contributed by atoms with E-state index in [2.05, 4.69) is 25.2 Å². The number of amides is 1. The van der Waals surface area contributed by atoms with Gasteiger partial charge in [0.15, 0.2) is 0 Å². The molecule has 0 aliphatic carbocycles. The van der Waals surface area contributed by atoms with Crippen LogP contribution in [0.25, 0.3) is 11.3 Å². The minimum absolute atomic E-state index is 0.0299. The Balaban J connectivity index is 1.71. The molecule has 2 heterocycles. The fraction of sp³-hybridized carbons (Fsp3) is 0.160. The summed E-state index contributed by atoms with van der Waals surface area (Å²) in [6, 6.07) is 15.4. The third-order valence-corrected chi connectivity index (χ3v) is 6.70. The highest BCUT2D eigenvalue weighted by Gasteiger charge is 2.22. The number of anilines is 3. The number of sulfonamides is 1. The largest absolute Gasteiger partial charge is 0.487 e. The number of rotatable bonds is 11. The normalized spacial score (nSPS) is 11.1. The number of pyridine rings is 1. The highest BCUT2D eigenvalue weighted by atomic mass is 32.2. The van der Waals surface area contributed by atoms with Gasteiger partial charge in [-0.2, -0.15) is 10.1 Å². The zero-order valence-corrected chi connectivity index (χ0v) is 21.3. The van der Waals surface area contributed by atoms with Crippen LogP contribution >= 0.6 is 0 Å². The van der Waals surface area contributed by atoms with E-state index in [9.17, 15) is 17.6 Å². The molecule has 0 saturated heterocycles. The van der Waals surface area contributed by atoms with Crippen LogP contribution < -0.4 is 25.2 Å². The molecular formula is C25H25FN6O5S. The third-order valence-electron chi connectivity index (χ3n) is 5.41. The Morgan fingerprint density at radius 1 is 1.13 bits per heavy atom.